The van der Waals surface area contributed by atoms with E-state index < -0.39 is 14.5 Å². The maximum absolute atomic E-state index is 15.5. The van der Waals surface area contributed by atoms with E-state index in [1.54, 1.807) is 0 Å². The average molecular weight is 596 g/mol. The second-order valence-electron chi connectivity index (χ2n) is 12.7. The molecule has 0 N–H and O–H groups in total. The standard InChI is InChI=1S/C31H48BrFO3Si/c1-22(34)35-30-21-28(33)26(27(30)15-9-7-8-12-18-32)16-17-29(36-37(5,6)31(2,3)4)25-19-23-13-10-11-14-24(23)20-25/h7,9-11,13-14,25-30H,8,12,15-21H2,1-6H3/t26-,27-,28+,29-,30+/m1/s1. The van der Waals surface area contributed by atoms with Gasteiger partial charge in [-0.15, -0.1) is 0 Å². The van der Waals surface area contributed by atoms with E-state index in [0.29, 0.717) is 12.3 Å². The third-order valence-electron chi connectivity index (χ3n) is 8.99. The lowest BCUT2D eigenvalue weighted by molar-refractivity contribution is -0.148. The maximum atomic E-state index is 15.5. The lowest BCUT2D eigenvalue weighted by Crippen LogP contribution is -2.46. The van der Waals surface area contributed by atoms with Gasteiger partial charge in [0.25, 0.3) is 0 Å². The van der Waals surface area contributed by atoms with E-state index in [4.69, 9.17) is 9.16 Å². The van der Waals surface area contributed by atoms with Gasteiger partial charge in [-0.25, -0.2) is 4.39 Å². The van der Waals surface area contributed by atoms with Crippen LogP contribution >= 0.6 is 15.9 Å². The minimum Gasteiger partial charge on any atom is -0.462 e. The second-order valence-corrected chi connectivity index (χ2v) is 18.2. The first kappa shape index (κ1) is 30.6. The molecule has 208 valence electrons. The molecule has 2 aliphatic carbocycles. The molecule has 3 nitrogen and oxygen atoms in total. The summed E-state index contributed by atoms with van der Waals surface area (Å²) in [5.74, 6) is 0.0275. The summed E-state index contributed by atoms with van der Waals surface area (Å²) in [7, 11) is -2.00. The van der Waals surface area contributed by atoms with Crippen molar-refractivity contribution in [1.82, 2.24) is 0 Å². The van der Waals surface area contributed by atoms with Crippen molar-refractivity contribution < 1.29 is 18.3 Å². The van der Waals surface area contributed by atoms with Gasteiger partial charge in [-0.3, -0.25) is 4.79 Å². The number of benzene rings is 1. The van der Waals surface area contributed by atoms with Gasteiger partial charge in [0.05, 0.1) is 0 Å². The van der Waals surface area contributed by atoms with Crippen molar-refractivity contribution in [3.8, 4) is 0 Å². The number of fused-ring (bicyclic) bond motifs is 1. The number of halogens is 2. The monoisotopic (exact) mass is 594 g/mol. The van der Waals surface area contributed by atoms with Gasteiger partial charge >= 0.3 is 5.97 Å². The van der Waals surface area contributed by atoms with Crippen molar-refractivity contribution in [2.75, 3.05) is 5.33 Å². The van der Waals surface area contributed by atoms with E-state index in [0.717, 1.165) is 50.3 Å². The summed E-state index contributed by atoms with van der Waals surface area (Å²) in [5.41, 5.74) is 2.86. The Bertz CT molecular complexity index is 887. The van der Waals surface area contributed by atoms with Gasteiger partial charge in [-0.2, -0.15) is 0 Å². The number of unbranched alkanes of at least 4 members (excludes halogenated alkanes) is 1. The van der Waals surface area contributed by atoms with E-state index in [1.165, 1.54) is 18.1 Å². The molecule has 0 aromatic heterocycles. The lowest BCUT2D eigenvalue weighted by atomic mass is 9.84. The van der Waals surface area contributed by atoms with E-state index in [2.05, 4.69) is 86.2 Å². The van der Waals surface area contributed by atoms with E-state index in [9.17, 15) is 4.79 Å². The zero-order chi connectivity index (χ0) is 27.2. The Morgan fingerprint density at radius 3 is 2.38 bits per heavy atom. The molecule has 0 bridgehead atoms. The molecule has 1 aromatic carbocycles. The largest absolute Gasteiger partial charge is 0.462 e. The minimum absolute atomic E-state index is 0.0217. The maximum Gasteiger partial charge on any atom is 0.302 e. The molecule has 2 aliphatic rings. The molecule has 0 saturated heterocycles. The van der Waals surface area contributed by atoms with Crippen molar-refractivity contribution in [1.29, 1.82) is 0 Å². The first-order valence-corrected chi connectivity index (χ1v) is 18.2. The molecule has 0 spiro atoms. The molecule has 1 saturated carbocycles. The van der Waals surface area contributed by atoms with Crippen molar-refractivity contribution in [2.24, 2.45) is 17.8 Å². The number of hydrogen-bond donors (Lipinski definition) is 0. The molecule has 0 unspecified atom stereocenters. The number of allylic oxidation sites excluding steroid dienone is 2. The van der Waals surface area contributed by atoms with Crippen LogP contribution in [0.4, 0.5) is 4.39 Å². The fourth-order valence-electron chi connectivity index (χ4n) is 5.91. The summed E-state index contributed by atoms with van der Waals surface area (Å²) in [6.07, 6.45) is 10.0. The molecule has 0 aliphatic heterocycles. The van der Waals surface area contributed by atoms with Gasteiger partial charge in [0.1, 0.15) is 12.3 Å². The van der Waals surface area contributed by atoms with Crippen molar-refractivity contribution in [3.63, 3.8) is 0 Å². The molecule has 0 radical (unpaired) electrons. The highest BCUT2D eigenvalue weighted by atomic mass is 79.9. The van der Waals surface area contributed by atoms with Crippen molar-refractivity contribution in [3.05, 3.63) is 47.5 Å². The van der Waals surface area contributed by atoms with Crippen LogP contribution in [-0.2, 0) is 26.8 Å². The Kier molecular flexibility index (Phi) is 11.1. The summed E-state index contributed by atoms with van der Waals surface area (Å²) >= 11 is 3.48. The predicted octanol–water partition coefficient (Wildman–Crippen LogP) is 8.60. The summed E-state index contributed by atoms with van der Waals surface area (Å²) in [4.78, 5) is 11.8. The van der Waals surface area contributed by atoms with Gasteiger partial charge in [-0.1, -0.05) is 73.1 Å². The number of esters is 1. The van der Waals surface area contributed by atoms with Crippen LogP contribution in [0.1, 0.15) is 77.3 Å². The Morgan fingerprint density at radius 1 is 1.16 bits per heavy atom. The van der Waals surface area contributed by atoms with E-state index in [1.807, 2.05) is 0 Å². The number of alkyl halides is 2. The van der Waals surface area contributed by atoms with Crippen molar-refractivity contribution >= 4 is 30.2 Å². The van der Waals surface area contributed by atoms with Crippen LogP contribution in [0.3, 0.4) is 0 Å². The SMILES string of the molecule is CC(=O)O[C@H]1C[C@H](F)[C@H](CC[C@@H](O[Si](C)(C)C(C)(C)C)C2Cc3ccccc3C2)[C@H]1CC=CCCCBr. The zero-order valence-corrected chi connectivity index (χ0v) is 26.4. The quantitative estimate of drug-likeness (QED) is 0.0798. The first-order chi connectivity index (χ1) is 17.4. The molecule has 5 atom stereocenters. The molecule has 6 heteroatoms. The Morgan fingerprint density at radius 2 is 1.81 bits per heavy atom. The highest BCUT2D eigenvalue weighted by Crippen LogP contribution is 2.45. The van der Waals surface area contributed by atoms with E-state index in [-0.39, 0.29) is 35.1 Å². The second kappa shape index (κ2) is 13.4. The highest BCUT2D eigenvalue weighted by Gasteiger charge is 2.46. The Labute approximate surface area is 234 Å². The number of rotatable bonds is 12. The van der Waals surface area contributed by atoms with Gasteiger partial charge < -0.3 is 9.16 Å². The van der Waals surface area contributed by atoms with Crippen LogP contribution in [0.25, 0.3) is 0 Å². The number of carbonyl (C=O) groups excluding carboxylic acids is 1. The van der Waals surface area contributed by atoms with Crippen LogP contribution < -0.4 is 0 Å². The third-order valence-corrected chi connectivity index (χ3v) is 14.1. The number of hydrogen-bond acceptors (Lipinski definition) is 3. The van der Waals surface area contributed by atoms with E-state index >= 15 is 4.39 Å². The summed E-state index contributed by atoms with van der Waals surface area (Å²) < 4.78 is 28.2. The summed E-state index contributed by atoms with van der Waals surface area (Å²) in [6.45, 7) is 13.0. The summed E-state index contributed by atoms with van der Waals surface area (Å²) in [5, 5.41) is 1.10. The molecule has 1 fully saturated rings. The molecular weight excluding hydrogens is 547 g/mol. The topological polar surface area (TPSA) is 35.5 Å². The third kappa shape index (κ3) is 8.25. The van der Waals surface area contributed by atoms with Gasteiger partial charge in [0.15, 0.2) is 8.32 Å². The molecular formula is C31H48BrFO3Si. The first-order valence-electron chi connectivity index (χ1n) is 14.2. The molecule has 0 heterocycles. The van der Waals surface area contributed by atoms with Gasteiger partial charge in [0.2, 0.25) is 0 Å². The number of carbonyl (C=O) groups is 1. The zero-order valence-electron chi connectivity index (χ0n) is 23.8. The highest BCUT2D eigenvalue weighted by molar-refractivity contribution is 9.09. The molecule has 37 heavy (non-hydrogen) atoms. The van der Waals surface area contributed by atoms with Crippen LogP contribution in [0.5, 0.6) is 0 Å². The fraction of sp³-hybridized carbons (Fsp3) is 0.710. The van der Waals surface area contributed by atoms with Gasteiger partial charge in [0, 0.05) is 30.7 Å². The fourth-order valence-corrected chi connectivity index (χ4v) is 7.65. The normalized spacial score (nSPS) is 25.5. The molecule has 3 rings (SSSR count). The minimum atomic E-state index is -2.00. The summed E-state index contributed by atoms with van der Waals surface area (Å²) in [6, 6.07) is 8.74. The molecule has 0 amide bonds. The number of ether oxygens (including phenoxy) is 1. The smallest absolute Gasteiger partial charge is 0.302 e. The van der Waals surface area contributed by atoms with Gasteiger partial charge in [-0.05, 0) is 86.0 Å². The molecule has 1 aromatic rings. The lowest BCUT2D eigenvalue weighted by Gasteiger charge is -2.41. The van der Waals surface area contributed by atoms with Crippen LogP contribution in [0.15, 0.2) is 36.4 Å². The van der Waals surface area contributed by atoms with Crippen LogP contribution in [0, 0.1) is 17.8 Å². The average Bonchev–Trinajstić information content (AvgIpc) is 3.36. The predicted molar refractivity (Wildman–Crippen MR) is 157 cm³/mol. The van der Waals surface area contributed by atoms with Crippen molar-refractivity contribution in [2.45, 2.75) is 116 Å². The Balaban J connectivity index is 1.76. The van der Waals surface area contributed by atoms with Crippen LogP contribution in [0.2, 0.25) is 18.1 Å². The Hall–Kier alpha value is -0.983. The van der Waals surface area contributed by atoms with Crippen LogP contribution in [-0.4, -0.2) is 38.0 Å².